The standard InChI is InChI=1S/C27H35N9O/c1-3-22-28-20-8-4-5-9-21(20)36(22)27-30-25-24(26(31-27)35-12-14-37-15-13-35)29-23(32(25)2)18-33-16-19(17-33)34-10-6-7-11-34/h4-5,8-9,19H,3,6-7,10-18H2,1-2H3. The van der Waals surface area contributed by atoms with Gasteiger partial charge in [-0.15, -0.1) is 0 Å². The molecule has 0 amide bonds. The van der Waals surface area contributed by atoms with E-state index >= 15 is 0 Å². The second-order valence-corrected chi connectivity index (χ2v) is 10.5. The summed E-state index contributed by atoms with van der Waals surface area (Å²) in [5, 5.41) is 0. The average molecular weight is 502 g/mol. The van der Waals surface area contributed by atoms with Crippen molar-refractivity contribution in [1.82, 2.24) is 38.9 Å². The number of benzene rings is 1. The highest BCUT2D eigenvalue weighted by molar-refractivity contribution is 5.86. The van der Waals surface area contributed by atoms with Gasteiger partial charge in [-0.05, 0) is 38.1 Å². The molecule has 10 heteroatoms. The first kappa shape index (κ1) is 23.1. The van der Waals surface area contributed by atoms with Gasteiger partial charge in [-0.25, -0.2) is 9.97 Å². The van der Waals surface area contributed by atoms with E-state index in [9.17, 15) is 0 Å². The van der Waals surface area contributed by atoms with Crippen molar-refractivity contribution in [3.63, 3.8) is 0 Å². The molecule has 37 heavy (non-hydrogen) atoms. The molecule has 0 N–H and O–H groups in total. The zero-order chi connectivity index (χ0) is 24.9. The molecule has 3 aliphatic heterocycles. The second-order valence-electron chi connectivity index (χ2n) is 10.5. The lowest BCUT2D eigenvalue weighted by molar-refractivity contribution is 0.0400. The number of ether oxygens (including phenoxy) is 1. The zero-order valence-electron chi connectivity index (χ0n) is 21.8. The van der Waals surface area contributed by atoms with Gasteiger partial charge in [-0.2, -0.15) is 9.97 Å². The minimum Gasteiger partial charge on any atom is -0.378 e. The molecule has 0 radical (unpaired) electrons. The van der Waals surface area contributed by atoms with Crippen LogP contribution in [0.15, 0.2) is 24.3 Å². The Morgan fingerprint density at radius 2 is 1.70 bits per heavy atom. The van der Waals surface area contributed by atoms with Crippen LogP contribution in [0.3, 0.4) is 0 Å². The van der Waals surface area contributed by atoms with Gasteiger partial charge >= 0.3 is 0 Å². The number of hydrogen-bond donors (Lipinski definition) is 0. The molecule has 194 valence electrons. The Hall–Kier alpha value is -3.08. The van der Waals surface area contributed by atoms with Crippen molar-refractivity contribution in [2.45, 2.75) is 38.8 Å². The number of fused-ring (bicyclic) bond motifs is 2. The SMILES string of the molecule is CCc1nc2ccccc2n1-c1nc(N2CCOCC2)c2nc(CN3CC(N4CCCC4)C3)n(C)c2n1. The highest BCUT2D eigenvalue weighted by Gasteiger charge is 2.34. The smallest absolute Gasteiger partial charge is 0.239 e. The Morgan fingerprint density at radius 3 is 2.49 bits per heavy atom. The van der Waals surface area contributed by atoms with Crippen LogP contribution >= 0.6 is 0 Å². The number of para-hydroxylation sites is 2. The molecule has 6 heterocycles. The maximum absolute atomic E-state index is 5.65. The summed E-state index contributed by atoms with van der Waals surface area (Å²) in [5.74, 6) is 3.56. The van der Waals surface area contributed by atoms with Crippen molar-refractivity contribution in [2.75, 3.05) is 57.4 Å². The molecule has 1 aromatic carbocycles. The maximum atomic E-state index is 5.65. The fourth-order valence-corrected chi connectivity index (χ4v) is 6.06. The van der Waals surface area contributed by atoms with Crippen LogP contribution in [0.5, 0.6) is 0 Å². The summed E-state index contributed by atoms with van der Waals surface area (Å²) < 4.78 is 9.93. The van der Waals surface area contributed by atoms with Crippen LogP contribution in [-0.4, -0.2) is 97.4 Å². The normalized spacial score (nSPS) is 19.9. The number of morpholine rings is 1. The molecule has 0 spiro atoms. The van der Waals surface area contributed by atoms with Gasteiger partial charge in [0.2, 0.25) is 5.95 Å². The molecule has 3 aromatic heterocycles. The van der Waals surface area contributed by atoms with Gasteiger partial charge in [-0.1, -0.05) is 19.1 Å². The van der Waals surface area contributed by atoms with Gasteiger partial charge in [0.05, 0.1) is 30.8 Å². The lowest BCUT2D eigenvalue weighted by Crippen LogP contribution is -2.58. The van der Waals surface area contributed by atoms with Gasteiger partial charge in [0.1, 0.15) is 11.6 Å². The molecule has 0 unspecified atom stereocenters. The van der Waals surface area contributed by atoms with E-state index < -0.39 is 0 Å². The van der Waals surface area contributed by atoms with Crippen molar-refractivity contribution < 1.29 is 4.74 Å². The Morgan fingerprint density at radius 1 is 0.919 bits per heavy atom. The largest absolute Gasteiger partial charge is 0.378 e. The van der Waals surface area contributed by atoms with Gasteiger partial charge in [-0.3, -0.25) is 14.4 Å². The number of likely N-dealkylation sites (tertiary alicyclic amines) is 2. The fourth-order valence-electron chi connectivity index (χ4n) is 6.06. The predicted molar refractivity (Wildman–Crippen MR) is 143 cm³/mol. The van der Waals surface area contributed by atoms with E-state index in [-0.39, 0.29) is 0 Å². The summed E-state index contributed by atoms with van der Waals surface area (Å²) in [6.45, 7) is 10.7. The Labute approximate surface area is 216 Å². The molecule has 0 aliphatic carbocycles. The van der Waals surface area contributed by atoms with E-state index in [1.165, 1.54) is 25.9 Å². The fraction of sp³-hybridized carbons (Fsp3) is 0.556. The summed E-state index contributed by atoms with van der Waals surface area (Å²) in [5.41, 5.74) is 3.75. The molecular formula is C27H35N9O. The van der Waals surface area contributed by atoms with Crippen LogP contribution in [0, 0.1) is 0 Å². The van der Waals surface area contributed by atoms with Crippen LogP contribution in [0.4, 0.5) is 5.82 Å². The summed E-state index contributed by atoms with van der Waals surface area (Å²) in [6, 6.07) is 8.93. The highest BCUT2D eigenvalue weighted by Crippen LogP contribution is 2.29. The van der Waals surface area contributed by atoms with Gasteiger partial charge in [0.15, 0.2) is 17.0 Å². The topological polar surface area (TPSA) is 80.4 Å². The first-order chi connectivity index (χ1) is 18.2. The molecule has 0 saturated carbocycles. The lowest BCUT2D eigenvalue weighted by Gasteiger charge is -2.43. The number of imidazole rings is 2. The molecule has 4 aromatic rings. The number of nitrogens with zero attached hydrogens (tertiary/aromatic N) is 9. The summed E-state index contributed by atoms with van der Waals surface area (Å²) in [6.07, 6.45) is 3.49. The second kappa shape index (κ2) is 9.34. The van der Waals surface area contributed by atoms with Crippen LogP contribution < -0.4 is 4.90 Å². The van der Waals surface area contributed by atoms with E-state index in [0.717, 1.165) is 78.8 Å². The molecular weight excluding hydrogens is 466 g/mol. The Balaban J connectivity index is 1.29. The minimum atomic E-state index is 0.659. The number of hydrogen-bond acceptors (Lipinski definition) is 8. The molecule has 3 fully saturated rings. The molecule has 3 saturated heterocycles. The molecule has 0 bridgehead atoms. The number of rotatable bonds is 6. The summed E-state index contributed by atoms with van der Waals surface area (Å²) in [7, 11) is 2.09. The zero-order valence-corrected chi connectivity index (χ0v) is 21.8. The van der Waals surface area contributed by atoms with E-state index in [4.69, 9.17) is 24.7 Å². The minimum absolute atomic E-state index is 0.659. The van der Waals surface area contributed by atoms with Crippen LogP contribution in [0.2, 0.25) is 0 Å². The average Bonchev–Trinajstić information content (AvgIpc) is 3.64. The lowest BCUT2D eigenvalue weighted by atomic mass is 10.1. The van der Waals surface area contributed by atoms with Gasteiger partial charge in [0, 0.05) is 45.7 Å². The maximum Gasteiger partial charge on any atom is 0.239 e. The first-order valence-corrected chi connectivity index (χ1v) is 13.7. The van der Waals surface area contributed by atoms with E-state index in [2.05, 4.69) is 49.9 Å². The molecule has 7 rings (SSSR count). The number of aromatic nitrogens is 6. The van der Waals surface area contributed by atoms with Gasteiger partial charge < -0.3 is 14.2 Å². The quantitative estimate of drug-likeness (QED) is 0.399. The van der Waals surface area contributed by atoms with Crippen LogP contribution in [-0.2, 0) is 24.8 Å². The van der Waals surface area contributed by atoms with Crippen LogP contribution in [0.1, 0.15) is 31.4 Å². The van der Waals surface area contributed by atoms with Crippen molar-refractivity contribution >= 4 is 28.0 Å². The third kappa shape index (κ3) is 3.98. The number of anilines is 1. The van der Waals surface area contributed by atoms with Crippen LogP contribution in [0.25, 0.3) is 28.1 Å². The van der Waals surface area contributed by atoms with Crippen molar-refractivity contribution in [1.29, 1.82) is 0 Å². The van der Waals surface area contributed by atoms with Crippen molar-refractivity contribution in [3.05, 3.63) is 35.9 Å². The molecule has 0 atom stereocenters. The third-order valence-corrected chi connectivity index (χ3v) is 8.20. The van der Waals surface area contributed by atoms with Gasteiger partial charge in [0.25, 0.3) is 0 Å². The third-order valence-electron chi connectivity index (χ3n) is 8.20. The Kier molecular flexibility index (Phi) is 5.82. The van der Waals surface area contributed by atoms with E-state index in [1.54, 1.807) is 0 Å². The monoisotopic (exact) mass is 501 g/mol. The molecule has 10 nitrogen and oxygen atoms in total. The highest BCUT2D eigenvalue weighted by atomic mass is 16.5. The summed E-state index contributed by atoms with van der Waals surface area (Å²) >= 11 is 0. The van der Waals surface area contributed by atoms with Crippen molar-refractivity contribution in [2.24, 2.45) is 7.05 Å². The number of aryl methyl sites for hydroxylation is 2. The molecule has 3 aliphatic rings. The first-order valence-electron chi connectivity index (χ1n) is 13.7. The van der Waals surface area contributed by atoms with E-state index in [1.807, 2.05) is 12.1 Å². The van der Waals surface area contributed by atoms with E-state index in [0.29, 0.717) is 25.2 Å². The summed E-state index contributed by atoms with van der Waals surface area (Å²) in [4.78, 5) is 27.7. The van der Waals surface area contributed by atoms with Crippen molar-refractivity contribution in [3.8, 4) is 5.95 Å². The predicted octanol–water partition coefficient (Wildman–Crippen LogP) is 2.38. The Bertz CT molecular complexity index is 1420.